The second-order valence-corrected chi connectivity index (χ2v) is 5.04. The molecule has 1 atom stereocenters. The second kappa shape index (κ2) is 6.93. The molecule has 1 rings (SSSR count). The summed E-state index contributed by atoms with van der Waals surface area (Å²) >= 11 is 6.17. The van der Waals surface area contributed by atoms with Crippen LogP contribution < -0.4 is 5.32 Å². The van der Waals surface area contributed by atoms with Gasteiger partial charge in [0.2, 0.25) is 0 Å². The molecule has 0 fully saturated rings. The minimum Gasteiger partial charge on any atom is -0.314 e. The Morgan fingerprint density at radius 3 is 2.50 bits per heavy atom. The summed E-state index contributed by atoms with van der Waals surface area (Å²) in [4.78, 5) is 0. The molecular formula is C14H22ClN. The minimum absolute atomic E-state index is 0.556. The van der Waals surface area contributed by atoms with Crippen molar-refractivity contribution in [3.8, 4) is 0 Å². The Morgan fingerprint density at radius 1 is 1.25 bits per heavy atom. The van der Waals surface area contributed by atoms with E-state index in [1.165, 1.54) is 12.0 Å². The first-order chi connectivity index (χ1) is 7.63. The van der Waals surface area contributed by atoms with Gasteiger partial charge in [-0.2, -0.15) is 0 Å². The standard InChI is InChI=1S/C14H22ClN/c1-4-12(10-16-11(2)3)9-13-7-5-6-8-14(13)15/h5-8,11-12,16H,4,9-10H2,1-3H3. The first-order valence-corrected chi connectivity index (χ1v) is 6.48. The molecule has 0 spiro atoms. The van der Waals surface area contributed by atoms with Crippen molar-refractivity contribution in [2.75, 3.05) is 6.54 Å². The van der Waals surface area contributed by atoms with Gasteiger partial charge in [-0.15, -0.1) is 0 Å². The highest BCUT2D eigenvalue weighted by molar-refractivity contribution is 6.31. The molecule has 0 saturated heterocycles. The molecule has 90 valence electrons. The summed E-state index contributed by atoms with van der Waals surface area (Å²) < 4.78 is 0. The Balaban J connectivity index is 2.53. The molecule has 0 radical (unpaired) electrons. The summed E-state index contributed by atoms with van der Waals surface area (Å²) in [6.07, 6.45) is 2.25. The van der Waals surface area contributed by atoms with E-state index >= 15 is 0 Å². The molecule has 2 heteroatoms. The zero-order chi connectivity index (χ0) is 12.0. The molecular weight excluding hydrogens is 218 g/mol. The van der Waals surface area contributed by atoms with Crippen LogP contribution in [0, 0.1) is 5.92 Å². The third-order valence-electron chi connectivity index (χ3n) is 2.86. The van der Waals surface area contributed by atoms with Gasteiger partial charge in [0.25, 0.3) is 0 Å². The number of hydrogen-bond donors (Lipinski definition) is 1. The van der Waals surface area contributed by atoms with Crippen molar-refractivity contribution < 1.29 is 0 Å². The van der Waals surface area contributed by atoms with Gasteiger partial charge in [-0.1, -0.05) is 57.0 Å². The van der Waals surface area contributed by atoms with E-state index in [9.17, 15) is 0 Å². The largest absolute Gasteiger partial charge is 0.314 e. The van der Waals surface area contributed by atoms with E-state index in [0.717, 1.165) is 18.0 Å². The maximum Gasteiger partial charge on any atom is 0.0438 e. The maximum atomic E-state index is 6.17. The lowest BCUT2D eigenvalue weighted by atomic mass is 9.96. The van der Waals surface area contributed by atoms with Gasteiger partial charge in [0.05, 0.1) is 0 Å². The monoisotopic (exact) mass is 239 g/mol. The summed E-state index contributed by atoms with van der Waals surface area (Å²) in [5, 5.41) is 4.39. The fourth-order valence-electron chi connectivity index (χ4n) is 1.74. The van der Waals surface area contributed by atoms with E-state index < -0.39 is 0 Å². The highest BCUT2D eigenvalue weighted by atomic mass is 35.5. The highest BCUT2D eigenvalue weighted by Gasteiger charge is 2.09. The smallest absolute Gasteiger partial charge is 0.0438 e. The van der Waals surface area contributed by atoms with Crippen LogP contribution in [-0.2, 0) is 6.42 Å². The van der Waals surface area contributed by atoms with Crippen LogP contribution in [-0.4, -0.2) is 12.6 Å². The van der Waals surface area contributed by atoms with Gasteiger partial charge < -0.3 is 5.32 Å². The summed E-state index contributed by atoms with van der Waals surface area (Å²) in [5.74, 6) is 0.669. The lowest BCUT2D eigenvalue weighted by Crippen LogP contribution is -2.29. The number of rotatable bonds is 6. The number of benzene rings is 1. The molecule has 16 heavy (non-hydrogen) atoms. The molecule has 0 aliphatic carbocycles. The van der Waals surface area contributed by atoms with Gasteiger partial charge in [-0.3, -0.25) is 0 Å². The summed E-state index contributed by atoms with van der Waals surface area (Å²) in [5.41, 5.74) is 1.27. The van der Waals surface area contributed by atoms with Gasteiger partial charge in [0.1, 0.15) is 0 Å². The zero-order valence-electron chi connectivity index (χ0n) is 10.5. The molecule has 0 aliphatic rings. The van der Waals surface area contributed by atoms with Crippen LogP contribution in [0.1, 0.15) is 32.8 Å². The Labute approximate surface area is 104 Å². The van der Waals surface area contributed by atoms with Crippen molar-refractivity contribution in [2.45, 2.75) is 39.7 Å². The number of nitrogens with one attached hydrogen (secondary N) is 1. The highest BCUT2D eigenvalue weighted by Crippen LogP contribution is 2.20. The van der Waals surface area contributed by atoms with Crippen LogP contribution in [0.5, 0.6) is 0 Å². The molecule has 0 aliphatic heterocycles. The third-order valence-corrected chi connectivity index (χ3v) is 3.23. The van der Waals surface area contributed by atoms with E-state index in [4.69, 9.17) is 11.6 Å². The Kier molecular flexibility index (Phi) is 5.86. The van der Waals surface area contributed by atoms with E-state index in [-0.39, 0.29) is 0 Å². The van der Waals surface area contributed by atoms with Gasteiger partial charge in [0.15, 0.2) is 0 Å². The van der Waals surface area contributed by atoms with Crippen LogP contribution in [0.4, 0.5) is 0 Å². The fraction of sp³-hybridized carbons (Fsp3) is 0.571. The van der Waals surface area contributed by atoms with E-state index in [2.05, 4.69) is 38.2 Å². The molecule has 0 saturated carbocycles. The van der Waals surface area contributed by atoms with Crippen LogP contribution in [0.15, 0.2) is 24.3 Å². The average Bonchev–Trinajstić information content (AvgIpc) is 2.26. The zero-order valence-corrected chi connectivity index (χ0v) is 11.2. The summed E-state index contributed by atoms with van der Waals surface area (Å²) in [6, 6.07) is 8.70. The van der Waals surface area contributed by atoms with Crippen LogP contribution >= 0.6 is 11.6 Å². The molecule has 1 nitrogen and oxygen atoms in total. The minimum atomic E-state index is 0.556. The quantitative estimate of drug-likeness (QED) is 0.794. The first kappa shape index (κ1) is 13.5. The predicted molar refractivity (Wildman–Crippen MR) is 72.1 cm³/mol. The fourth-order valence-corrected chi connectivity index (χ4v) is 1.95. The molecule has 1 aromatic rings. The topological polar surface area (TPSA) is 12.0 Å². The average molecular weight is 240 g/mol. The van der Waals surface area contributed by atoms with Gasteiger partial charge >= 0.3 is 0 Å². The van der Waals surface area contributed by atoms with Crippen molar-refractivity contribution in [3.05, 3.63) is 34.9 Å². The second-order valence-electron chi connectivity index (χ2n) is 4.63. The van der Waals surface area contributed by atoms with Gasteiger partial charge in [-0.05, 0) is 30.5 Å². The van der Waals surface area contributed by atoms with Crippen LogP contribution in [0.3, 0.4) is 0 Å². The molecule has 1 aromatic carbocycles. The molecule has 0 aromatic heterocycles. The van der Waals surface area contributed by atoms with Crippen molar-refractivity contribution in [3.63, 3.8) is 0 Å². The van der Waals surface area contributed by atoms with Crippen molar-refractivity contribution in [2.24, 2.45) is 5.92 Å². The molecule has 0 bridgehead atoms. The van der Waals surface area contributed by atoms with Crippen molar-refractivity contribution in [1.82, 2.24) is 5.32 Å². The molecule has 1 N–H and O–H groups in total. The Bertz CT molecular complexity index is 309. The molecule has 0 heterocycles. The number of hydrogen-bond acceptors (Lipinski definition) is 1. The lowest BCUT2D eigenvalue weighted by Gasteiger charge is -2.18. The van der Waals surface area contributed by atoms with Crippen molar-refractivity contribution >= 4 is 11.6 Å². The van der Waals surface area contributed by atoms with Crippen molar-refractivity contribution in [1.29, 1.82) is 0 Å². The Morgan fingerprint density at radius 2 is 1.94 bits per heavy atom. The normalized spacial score (nSPS) is 13.1. The van der Waals surface area contributed by atoms with E-state index in [1.54, 1.807) is 0 Å². The van der Waals surface area contributed by atoms with Crippen LogP contribution in [0.2, 0.25) is 5.02 Å². The van der Waals surface area contributed by atoms with Gasteiger partial charge in [0, 0.05) is 11.1 Å². The predicted octanol–water partition coefficient (Wildman–Crippen LogP) is 3.91. The van der Waals surface area contributed by atoms with Gasteiger partial charge in [-0.25, -0.2) is 0 Å². The van der Waals surface area contributed by atoms with Crippen LogP contribution in [0.25, 0.3) is 0 Å². The molecule has 1 unspecified atom stereocenters. The Hall–Kier alpha value is -0.530. The summed E-state index contributed by atoms with van der Waals surface area (Å²) in [7, 11) is 0. The lowest BCUT2D eigenvalue weighted by molar-refractivity contribution is 0.436. The number of halogens is 1. The molecule has 0 amide bonds. The van der Waals surface area contributed by atoms with E-state index in [1.807, 2.05) is 12.1 Å². The van der Waals surface area contributed by atoms with E-state index in [0.29, 0.717) is 12.0 Å². The SMILES string of the molecule is CCC(CNC(C)C)Cc1ccccc1Cl. The maximum absolute atomic E-state index is 6.17. The third kappa shape index (κ3) is 4.54. The summed E-state index contributed by atoms with van der Waals surface area (Å²) in [6.45, 7) is 7.67. The first-order valence-electron chi connectivity index (χ1n) is 6.10.